The number of allylic oxidation sites excluding steroid dienone is 1. The molecule has 1 aromatic heterocycles. The minimum Gasteiger partial charge on any atom is -0.346 e. The van der Waals surface area contributed by atoms with Gasteiger partial charge >= 0.3 is 0 Å². The number of aliphatic imine (C=N–C) groups is 1. The maximum atomic E-state index is 13.6. The summed E-state index contributed by atoms with van der Waals surface area (Å²) in [6.45, 7) is 0.960. The lowest BCUT2D eigenvalue weighted by atomic mass is 10.1. The summed E-state index contributed by atoms with van der Waals surface area (Å²) < 4.78 is 26.8. The van der Waals surface area contributed by atoms with E-state index >= 15 is 0 Å². The monoisotopic (exact) mass is 318 g/mol. The Morgan fingerprint density at radius 2 is 2.17 bits per heavy atom. The molecule has 1 amide bonds. The van der Waals surface area contributed by atoms with E-state index in [1.165, 1.54) is 0 Å². The zero-order valence-corrected chi connectivity index (χ0v) is 11.9. The van der Waals surface area contributed by atoms with E-state index in [0.29, 0.717) is 13.1 Å². The van der Waals surface area contributed by atoms with Crippen molar-refractivity contribution in [2.45, 2.75) is 6.42 Å². The molecule has 0 saturated heterocycles. The lowest BCUT2D eigenvalue weighted by Gasteiger charge is -2.10. The average Bonchev–Trinajstić information content (AvgIpc) is 2.56. The first-order chi connectivity index (χ1) is 11.1. The van der Waals surface area contributed by atoms with E-state index in [1.807, 2.05) is 0 Å². The lowest BCUT2D eigenvalue weighted by Crippen LogP contribution is -2.30. The van der Waals surface area contributed by atoms with E-state index in [0.717, 1.165) is 24.1 Å². The number of rotatable bonds is 3. The Balaban J connectivity index is 1.87. The number of dihydropyridines is 1. The van der Waals surface area contributed by atoms with Crippen LogP contribution in [0.1, 0.15) is 17.0 Å². The summed E-state index contributed by atoms with van der Waals surface area (Å²) in [5, 5.41) is 2.11. The SMILES string of the molecule is O=C(NCC1=CC=NCC1)c1nc2ccc(F)c(F)c2c(=O)[nH]1. The molecule has 0 fully saturated rings. The van der Waals surface area contributed by atoms with Crippen molar-refractivity contribution in [1.29, 1.82) is 0 Å². The topological polar surface area (TPSA) is 87.2 Å². The minimum atomic E-state index is -1.28. The van der Waals surface area contributed by atoms with Gasteiger partial charge in [0.1, 0.15) is 5.39 Å². The van der Waals surface area contributed by atoms with Gasteiger partial charge in [0.25, 0.3) is 11.5 Å². The summed E-state index contributed by atoms with van der Waals surface area (Å²) in [6, 6.07) is 2.01. The third-order valence-electron chi connectivity index (χ3n) is 3.43. The van der Waals surface area contributed by atoms with Gasteiger partial charge in [-0.15, -0.1) is 0 Å². The number of benzene rings is 1. The molecule has 1 aliphatic heterocycles. The Morgan fingerprint density at radius 1 is 1.35 bits per heavy atom. The molecule has 0 radical (unpaired) electrons. The summed E-state index contributed by atoms with van der Waals surface area (Å²) in [7, 11) is 0. The molecule has 2 N–H and O–H groups in total. The quantitative estimate of drug-likeness (QED) is 0.895. The Kier molecular flexibility index (Phi) is 3.96. The summed E-state index contributed by atoms with van der Waals surface area (Å²) in [5.74, 6) is -3.28. The highest BCUT2D eigenvalue weighted by Gasteiger charge is 2.16. The first-order valence-electron chi connectivity index (χ1n) is 6.90. The number of nitrogens with zero attached hydrogens (tertiary/aromatic N) is 2. The van der Waals surface area contributed by atoms with Crippen molar-refractivity contribution >= 4 is 23.0 Å². The molecule has 0 spiro atoms. The van der Waals surface area contributed by atoms with E-state index in [-0.39, 0.29) is 11.3 Å². The number of carbonyl (C=O) groups is 1. The van der Waals surface area contributed by atoms with E-state index in [9.17, 15) is 18.4 Å². The molecule has 8 heteroatoms. The summed E-state index contributed by atoms with van der Waals surface area (Å²) >= 11 is 0. The second-order valence-corrected chi connectivity index (χ2v) is 4.98. The molecule has 3 rings (SSSR count). The number of amides is 1. The second kappa shape index (κ2) is 6.07. The fourth-order valence-electron chi connectivity index (χ4n) is 2.22. The molecule has 0 saturated carbocycles. The van der Waals surface area contributed by atoms with Crippen LogP contribution in [0.2, 0.25) is 0 Å². The smallest absolute Gasteiger partial charge is 0.287 e. The van der Waals surface area contributed by atoms with Gasteiger partial charge in [0, 0.05) is 19.3 Å². The maximum Gasteiger partial charge on any atom is 0.287 e. The van der Waals surface area contributed by atoms with Crippen LogP contribution in [-0.2, 0) is 0 Å². The Labute approximate surface area is 129 Å². The molecule has 0 atom stereocenters. The predicted octanol–water partition coefficient (Wildman–Crippen LogP) is 1.33. The largest absolute Gasteiger partial charge is 0.346 e. The van der Waals surface area contributed by atoms with Crippen molar-refractivity contribution in [3.05, 3.63) is 51.6 Å². The fraction of sp³-hybridized carbons (Fsp3) is 0.200. The van der Waals surface area contributed by atoms with Gasteiger partial charge in [-0.2, -0.15) is 0 Å². The van der Waals surface area contributed by atoms with Gasteiger partial charge in [0.15, 0.2) is 17.5 Å². The number of hydrogen-bond donors (Lipinski definition) is 2. The zero-order valence-electron chi connectivity index (χ0n) is 11.9. The zero-order chi connectivity index (χ0) is 16.4. The van der Waals surface area contributed by atoms with Crippen LogP contribution in [0.5, 0.6) is 0 Å². The van der Waals surface area contributed by atoms with Crippen molar-refractivity contribution in [3.8, 4) is 0 Å². The highest BCUT2D eigenvalue weighted by Crippen LogP contribution is 2.15. The first kappa shape index (κ1) is 15.0. The molecular weight excluding hydrogens is 306 g/mol. The van der Waals surface area contributed by atoms with Crippen LogP contribution < -0.4 is 10.9 Å². The summed E-state index contributed by atoms with van der Waals surface area (Å²) in [5.41, 5.74) is 0.00702. The molecule has 0 aliphatic carbocycles. The molecule has 0 bridgehead atoms. The number of aromatic amines is 1. The average molecular weight is 318 g/mol. The van der Waals surface area contributed by atoms with E-state index in [2.05, 4.69) is 20.3 Å². The van der Waals surface area contributed by atoms with E-state index in [1.54, 1.807) is 12.3 Å². The molecule has 2 aromatic rings. The van der Waals surface area contributed by atoms with Crippen LogP contribution in [-0.4, -0.2) is 35.2 Å². The maximum absolute atomic E-state index is 13.6. The fourth-order valence-corrected chi connectivity index (χ4v) is 2.22. The van der Waals surface area contributed by atoms with Crippen molar-refractivity contribution in [2.24, 2.45) is 4.99 Å². The van der Waals surface area contributed by atoms with Gasteiger partial charge in [0.2, 0.25) is 0 Å². The molecule has 6 nitrogen and oxygen atoms in total. The normalized spacial score (nSPS) is 13.9. The van der Waals surface area contributed by atoms with Gasteiger partial charge in [-0.25, -0.2) is 13.8 Å². The summed E-state index contributed by atoms with van der Waals surface area (Å²) in [4.78, 5) is 34.0. The number of fused-ring (bicyclic) bond motifs is 1. The van der Waals surface area contributed by atoms with Crippen molar-refractivity contribution < 1.29 is 13.6 Å². The van der Waals surface area contributed by atoms with E-state index in [4.69, 9.17) is 0 Å². The molecule has 1 aliphatic rings. The van der Waals surface area contributed by atoms with Crippen LogP contribution in [0, 0.1) is 11.6 Å². The van der Waals surface area contributed by atoms with E-state index < -0.39 is 28.5 Å². The standard InChI is InChI=1S/C15H12F2N4O2/c16-9-1-2-10-11(12(9)17)14(22)21-13(20-10)15(23)19-7-8-3-5-18-6-4-8/h1-3,5H,4,6-7H2,(H,19,23)(H,20,21,22). The van der Waals surface area contributed by atoms with Crippen LogP contribution in [0.3, 0.4) is 0 Å². The molecule has 2 heterocycles. The third-order valence-corrected chi connectivity index (χ3v) is 3.43. The highest BCUT2D eigenvalue weighted by molar-refractivity contribution is 5.92. The molecule has 0 unspecified atom stereocenters. The molecular formula is C15H12F2N4O2. The molecule has 23 heavy (non-hydrogen) atoms. The van der Waals surface area contributed by atoms with Crippen LogP contribution in [0.4, 0.5) is 8.78 Å². The first-order valence-corrected chi connectivity index (χ1v) is 6.90. The Bertz CT molecular complexity index is 902. The number of halogens is 2. The van der Waals surface area contributed by atoms with Crippen molar-refractivity contribution in [3.63, 3.8) is 0 Å². The van der Waals surface area contributed by atoms with Crippen molar-refractivity contribution in [2.75, 3.05) is 13.1 Å². The third kappa shape index (κ3) is 3.01. The second-order valence-electron chi connectivity index (χ2n) is 4.98. The molecule has 1 aromatic carbocycles. The Morgan fingerprint density at radius 3 is 2.91 bits per heavy atom. The summed E-state index contributed by atoms with van der Waals surface area (Å²) in [6.07, 6.45) is 4.21. The van der Waals surface area contributed by atoms with Crippen LogP contribution in [0.25, 0.3) is 10.9 Å². The minimum absolute atomic E-state index is 0.0817. The number of H-pyrrole nitrogens is 1. The molecule has 118 valence electrons. The van der Waals surface area contributed by atoms with Gasteiger partial charge in [-0.1, -0.05) is 0 Å². The van der Waals surface area contributed by atoms with Crippen molar-refractivity contribution in [1.82, 2.24) is 15.3 Å². The van der Waals surface area contributed by atoms with Gasteiger partial charge in [0.05, 0.1) is 5.52 Å². The van der Waals surface area contributed by atoms with Gasteiger partial charge in [-0.3, -0.25) is 14.6 Å². The number of nitrogens with one attached hydrogen (secondary N) is 2. The van der Waals surface area contributed by atoms with Crippen LogP contribution in [0.15, 0.2) is 33.6 Å². The van der Waals surface area contributed by atoms with Gasteiger partial charge in [-0.05, 0) is 30.2 Å². The van der Waals surface area contributed by atoms with Crippen LogP contribution >= 0.6 is 0 Å². The van der Waals surface area contributed by atoms with Gasteiger partial charge < -0.3 is 10.3 Å². The number of hydrogen-bond acceptors (Lipinski definition) is 4. The lowest BCUT2D eigenvalue weighted by molar-refractivity contribution is 0.0946. The number of carbonyl (C=O) groups excluding carboxylic acids is 1. The predicted molar refractivity (Wildman–Crippen MR) is 80.7 cm³/mol. The highest BCUT2D eigenvalue weighted by atomic mass is 19.2. The Hall–Kier alpha value is -2.90. The number of aromatic nitrogens is 2.